The van der Waals surface area contributed by atoms with Crippen LogP contribution < -0.4 is 0 Å². The molecule has 0 amide bonds. The normalized spacial score (nSPS) is 28.7. The number of ether oxygens (including phenoxy) is 1. The van der Waals surface area contributed by atoms with Gasteiger partial charge in [0.25, 0.3) is 0 Å². The van der Waals surface area contributed by atoms with E-state index in [1.807, 2.05) is 0 Å². The maximum absolute atomic E-state index is 12.4. The molecule has 1 unspecified atom stereocenters. The minimum Gasteiger partial charge on any atom is -0.379 e. The topological polar surface area (TPSA) is 53.1 Å². The van der Waals surface area contributed by atoms with Crippen molar-refractivity contribution in [2.45, 2.75) is 50.6 Å². The lowest BCUT2D eigenvalue weighted by Crippen LogP contribution is -2.54. The van der Waals surface area contributed by atoms with Crippen molar-refractivity contribution in [2.75, 3.05) is 58.7 Å². The number of nitrogens with zero attached hydrogens (tertiary/aromatic N) is 3. The van der Waals surface area contributed by atoms with Crippen molar-refractivity contribution in [3.05, 3.63) is 0 Å². The Labute approximate surface area is 147 Å². The van der Waals surface area contributed by atoms with Crippen LogP contribution in [0.3, 0.4) is 0 Å². The molecule has 1 saturated carbocycles. The Hall–Kier alpha value is -0.210. The summed E-state index contributed by atoms with van der Waals surface area (Å²) in [6, 6.07) is 0.837. The third-order valence-corrected chi connectivity index (χ3v) is 7.18. The Morgan fingerprint density at radius 1 is 1.04 bits per heavy atom. The molecule has 0 aromatic rings. The molecule has 0 bridgehead atoms. The highest BCUT2D eigenvalue weighted by atomic mass is 32.2. The van der Waals surface area contributed by atoms with Crippen molar-refractivity contribution in [2.24, 2.45) is 0 Å². The van der Waals surface area contributed by atoms with Gasteiger partial charge in [0.2, 0.25) is 10.0 Å². The number of sulfonamides is 1. The van der Waals surface area contributed by atoms with Crippen molar-refractivity contribution in [3.8, 4) is 0 Å². The predicted octanol–water partition coefficient (Wildman–Crippen LogP) is 0.987. The molecule has 1 aliphatic carbocycles. The van der Waals surface area contributed by atoms with Crippen molar-refractivity contribution < 1.29 is 13.2 Å². The zero-order valence-corrected chi connectivity index (χ0v) is 15.8. The van der Waals surface area contributed by atoms with E-state index in [4.69, 9.17) is 4.74 Å². The zero-order valence-electron chi connectivity index (χ0n) is 15.0. The van der Waals surface area contributed by atoms with Crippen molar-refractivity contribution >= 4 is 10.0 Å². The SMILES string of the molecule is CS(=O)(=O)N(CCN1CCOCC1)C1CCCN(C2CCCC2)C1. The number of morpholine rings is 1. The van der Waals surface area contributed by atoms with Crippen molar-refractivity contribution in [1.82, 2.24) is 14.1 Å². The second kappa shape index (κ2) is 8.45. The summed E-state index contributed by atoms with van der Waals surface area (Å²) in [6.07, 6.45) is 8.74. The Bertz CT molecular complexity index is 487. The average molecular weight is 360 g/mol. The molecule has 6 nitrogen and oxygen atoms in total. The maximum atomic E-state index is 12.4. The van der Waals surface area contributed by atoms with Crippen LogP contribution in [0.15, 0.2) is 0 Å². The molecule has 0 radical (unpaired) electrons. The van der Waals surface area contributed by atoms with Gasteiger partial charge in [-0.25, -0.2) is 8.42 Å². The fourth-order valence-corrected chi connectivity index (χ4v) is 5.63. The van der Waals surface area contributed by atoms with Crippen LogP contribution in [-0.2, 0) is 14.8 Å². The highest BCUT2D eigenvalue weighted by Crippen LogP contribution is 2.28. The monoisotopic (exact) mass is 359 g/mol. The van der Waals surface area contributed by atoms with Gasteiger partial charge in [-0.1, -0.05) is 12.8 Å². The van der Waals surface area contributed by atoms with E-state index in [-0.39, 0.29) is 6.04 Å². The molecule has 0 N–H and O–H groups in total. The molecule has 1 atom stereocenters. The first-order valence-corrected chi connectivity index (χ1v) is 11.4. The Balaban J connectivity index is 1.59. The van der Waals surface area contributed by atoms with Crippen LogP contribution in [0.4, 0.5) is 0 Å². The van der Waals surface area contributed by atoms with Crippen LogP contribution >= 0.6 is 0 Å². The smallest absolute Gasteiger partial charge is 0.211 e. The molecule has 3 aliphatic rings. The minimum absolute atomic E-state index is 0.149. The van der Waals surface area contributed by atoms with Crippen LogP contribution in [0.25, 0.3) is 0 Å². The molecule has 140 valence electrons. The van der Waals surface area contributed by atoms with Crippen LogP contribution in [0, 0.1) is 0 Å². The fourth-order valence-electron chi connectivity index (χ4n) is 4.50. The Morgan fingerprint density at radius 2 is 1.75 bits per heavy atom. The van der Waals surface area contributed by atoms with Crippen molar-refractivity contribution in [1.29, 1.82) is 0 Å². The number of hydrogen-bond donors (Lipinski definition) is 0. The molecule has 24 heavy (non-hydrogen) atoms. The van der Waals surface area contributed by atoms with Gasteiger partial charge in [-0.2, -0.15) is 4.31 Å². The molecular weight excluding hydrogens is 326 g/mol. The van der Waals surface area contributed by atoms with Gasteiger partial charge in [-0.3, -0.25) is 9.80 Å². The lowest BCUT2D eigenvalue weighted by Gasteiger charge is -2.41. The van der Waals surface area contributed by atoms with Gasteiger partial charge in [0.1, 0.15) is 0 Å². The minimum atomic E-state index is -3.16. The van der Waals surface area contributed by atoms with Crippen LogP contribution in [0.5, 0.6) is 0 Å². The van der Waals surface area contributed by atoms with Gasteiger partial charge in [-0.05, 0) is 32.2 Å². The summed E-state index contributed by atoms with van der Waals surface area (Å²) in [7, 11) is -3.16. The highest BCUT2D eigenvalue weighted by molar-refractivity contribution is 7.88. The summed E-state index contributed by atoms with van der Waals surface area (Å²) in [5.41, 5.74) is 0. The molecule has 2 aliphatic heterocycles. The van der Waals surface area contributed by atoms with E-state index in [1.54, 1.807) is 4.31 Å². The molecule has 7 heteroatoms. The predicted molar refractivity (Wildman–Crippen MR) is 95.7 cm³/mol. The third kappa shape index (κ3) is 4.91. The lowest BCUT2D eigenvalue weighted by atomic mass is 10.0. The van der Waals surface area contributed by atoms with E-state index < -0.39 is 10.0 Å². The second-order valence-electron chi connectivity index (χ2n) is 7.56. The number of rotatable bonds is 6. The van der Waals surface area contributed by atoms with Crippen molar-refractivity contribution in [3.63, 3.8) is 0 Å². The Kier molecular flexibility index (Phi) is 6.54. The van der Waals surface area contributed by atoms with E-state index in [1.165, 1.54) is 31.9 Å². The molecular formula is C17H33N3O3S. The number of likely N-dealkylation sites (tertiary alicyclic amines) is 1. The molecule has 2 saturated heterocycles. The first-order chi connectivity index (χ1) is 11.5. The first kappa shape index (κ1) is 18.6. The van der Waals surface area contributed by atoms with Gasteiger partial charge >= 0.3 is 0 Å². The Morgan fingerprint density at radius 3 is 2.42 bits per heavy atom. The number of hydrogen-bond acceptors (Lipinski definition) is 5. The van der Waals surface area contributed by atoms with Gasteiger partial charge < -0.3 is 4.74 Å². The molecule has 3 fully saturated rings. The largest absolute Gasteiger partial charge is 0.379 e. The van der Waals surface area contributed by atoms with E-state index >= 15 is 0 Å². The summed E-state index contributed by atoms with van der Waals surface area (Å²) in [4.78, 5) is 4.88. The van der Waals surface area contributed by atoms with E-state index in [2.05, 4.69) is 9.80 Å². The van der Waals surface area contributed by atoms with Crippen LogP contribution in [-0.4, -0.2) is 93.3 Å². The highest BCUT2D eigenvalue weighted by Gasteiger charge is 2.34. The summed E-state index contributed by atoms with van der Waals surface area (Å²) in [5.74, 6) is 0. The number of piperidine rings is 1. The standard InChI is InChI=1S/C17H33N3O3S/c1-24(21,22)20(10-9-18-11-13-23-14-12-18)17-7-4-8-19(15-17)16-5-2-3-6-16/h16-17H,2-15H2,1H3. The average Bonchev–Trinajstić information content (AvgIpc) is 3.10. The van der Waals surface area contributed by atoms with E-state index in [0.29, 0.717) is 12.6 Å². The van der Waals surface area contributed by atoms with Crippen LogP contribution in [0.1, 0.15) is 38.5 Å². The van der Waals surface area contributed by atoms with Gasteiger partial charge in [-0.15, -0.1) is 0 Å². The summed E-state index contributed by atoms with van der Waals surface area (Å²) in [6.45, 7) is 6.84. The molecule has 3 rings (SSSR count). The summed E-state index contributed by atoms with van der Waals surface area (Å²) >= 11 is 0. The fraction of sp³-hybridized carbons (Fsp3) is 1.00. The van der Waals surface area contributed by atoms with Gasteiger partial charge in [0, 0.05) is 44.8 Å². The van der Waals surface area contributed by atoms with Crippen LogP contribution in [0.2, 0.25) is 0 Å². The second-order valence-corrected chi connectivity index (χ2v) is 9.49. The van der Waals surface area contributed by atoms with E-state index in [0.717, 1.165) is 58.8 Å². The lowest BCUT2D eigenvalue weighted by molar-refractivity contribution is 0.0330. The zero-order chi connectivity index (χ0) is 17.0. The maximum Gasteiger partial charge on any atom is 0.211 e. The first-order valence-electron chi connectivity index (χ1n) is 9.55. The van der Waals surface area contributed by atoms with Gasteiger partial charge in [0.05, 0.1) is 19.5 Å². The summed E-state index contributed by atoms with van der Waals surface area (Å²) in [5, 5.41) is 0. The summed E-state index contributed by atoms with van der Waals surface area (Å²) < 4.78 is 32.0. The quantitative estimate of drug-likeness (QED) is 0.708. The molecule has 2 heterocycles. The van der Waals surface area contributed by atoms with Gasteiger partial charge in [0.15, 0.2) is 0 Å². The molecule has 0 aromatic heterocycles. The molecule has 0 spiro atoms. The third-order valence-electron chi connectivity index (χ3n) is 5.84. The molecule has 0 aromatic carbocycles. The van der Waals surface area contributed by atoms with E-state index in [9.17, 15) is 8.42 Å².